The first kappa shape index (κ1) is 17.0. The molecule has 0 radical (unpaired) electrons. The maximum absolute atomic E-state index is 9.99. The number of nitrogens with zero attached hydrogens (tertiary/aromatic N) is 2. The number of aromatic hydroxyl groups is 1. The molecule has 0 aromatic heterocycles. The summed E-state index contributed by atoms with van der Waals surface area (Å²) in [5.74, 6) is 0.647. The first-order valence-corrected chi connectivity index (χ1v) is 8.18. The van der Waals surface area contributed by atoms with Crippen LogP contribution in [0, 0.1) is 6.92 Å². The molecule has 0 unspecified atom stereocenters. The monoisotopic (exact) mass is 352 g/mol. The Morgan fingerprint density at radius 2 is 1.68 bits per heavy atom. The van der Waals surface area contributed by atoms with E-state index >= 15 is 0 Å². The van der Waals surface area contributed by atoms with Gasteiger partial charge in [-0.1, -0.05) is 48.0 Å². The maximum Gasteiger partial charge on any atom is 0.143 e. The van der Waals surface area contributed by atoms with Gasteiger partial charge in [0.1, 0.15) is 23.8 Å². The Morgan fingerprint density at radius 3 is 2.48 bits per heavy atom. The van der Waals surface area contributed by atoms with Gasteiger partial charge in [0.25, 0.3) is 0 Å². The molecule has 126 valence electrons. The van der Waals surface area contributed by atoms with Crippen LogP contribution >= 0.6 is 11.6 Å². The van der Waals surface area contributed by atoms with Crippen LogP contribution in [0.2, 0.25) is 5.02 Å². The van der Waals surface area contributed by atoms with Crippen molar-refractivity contribution in [3.8, 4) is 11.5 Å². The number of benzene rings is 3. The predicted octanol–water partition coefficient (Wildman–Crippen LogP) is 6.35. The van der Waals surface area contributed by atoms with Gasteiger partial charge in [0, 0.05) is 11.1 Å². The molecule has 3 aromatic rings. The van der Waals surface area contributed by atoms with Crippen LogP contribution in [0.1, 0.15) is 11.1 Å². The lowest BCUT2D eigenvalue weighted by Gasteiger charge is -2.07. The van der Waals surface area contributed by atoms with Crippen LogP contribution in [0.5, 0.6) is 11.5 Å². The lowest BCUT2D eigenvalue weighted by Crippen LogP contribution is -1.94. The SMILES string of the molecule is Cc1c(Cl)cccc1N=Nc1cc(OCc2ccccc2)ccc1O. The van der Waals surface area contributed by atoms with E-state index in [0.717, 1.165) is 11.1 Å². The molecule has 0 atom stereocenters. The average Bonchev–Trinajstić information content (AvgIpc) is 2.64. The van der Waals surface area contributed by atoms with E-state index in [0.29, 0.717) is 28.8 Å². The summed E-state index contributed by atoms with van der Waals surface area (Å²) in [7, 11) is 0. The Balaban J connectivity index is 1.77. The standard InChI is InChI=1S/C20H17ClN2O2/c1-14-17(21)8-5-9-18(14)22-23-19-12-16(10-11-20(19)24)25-13-15-6-3-2-4-7-15/h2-12,24H,13H2,1H3. The summed E-state index contributed by atoms with van der Waals surface area (Å²) in [6.07, 6.45) is 0. The summed E-state index contributed by atoms with van der Waals surface area (Å²) in [6, 6.07) is 20.2. The van der Waals surface area contributed by atoms with Crippen LogP contribution in [0.15, 0.2) is 77.0 Å². The number of halogens is 1. The Hall–Kier alpha value is -2.85. The van der Waals surface area contributed by atoms with Gasteiger partial charge in [0.2, 0.25) is 0 Å². The molecule has 5 heteroatoms. The fourth-order valence-electron chi connectivity index (χ4n) is 2.23. The number of phenolic OH excluding ortho intramolecular Hbond substituents is 1. The van der Waals surface area contributed by atoms with Crippen molar-refractivity contribution in [1.29, 1.82) is 0 Å². The van der Waals surface area contributed by atoms with Crippen molar-refractivity contribution in [2.75, 3.05) is 0 Å². The van der Waals surface area contributed by atoms with Gasteiger partial charge in [-0.3, -0.25) is 0 Å². The first-order chi connectivity index (χ1) is 12.1. The number of hydrogen-bond acceptors (Lipinski definition) is 4. The number of hydrogen-bond donors (Lipinski definition) is 1. The van der Waals surface area contributed by atoms with Gasteiger partial charge in [0.05, 0.1) is 5.69 Å². The molecule has 0 fully saturated rings. The molecule has 1 N–H and O–H groups in total. The third-order valence-electron chi connectivity index (χ3n) is 3.70. The molecule has 0 saturated carbocycles. The second-order valence-electron chi connectivity index (χ2n) is 5.51. The topological polar surface area (TPSA) is 54.2 Å². The zero-order valence-electron chi connectivity index (χ0n) is 13.7. The van der Waals surface area contributed by atoms with E-state index in [-0.39, 0.29) is 5.75 Å². The molecule has 0 heterocycles. The maximum atomic E-state index is 9.99. The minimum absolute atomic E-state index is 0.0375. The second-order valence-corrected chi connectivity index (χ2v) is 5.92. The lowest BCUT2D eigenvalue weighted by atomic mass is 10.2. The molecule has 0 bridgehead atoms. The van der Waals surface area contributed by atoms with E-state index < -0.39 is 0 Å². The molecule has 0 saturated heterocycles. The van der Waals surface area contributed by atoms with Gasteiger partial charge in [-0.25, -0.2) is 0 Å². The molecule has 25 heavy (non-hydrogen) atoms. The van der Waals surface area contributed by atoms with Crippen LogP contribution in [-0.4, -0.2) is 5.11 Å². The zero-order valence-corrected chi connectivity index (χ0v) is 14.4. The number of azo groups is 1. The molecule has 0 amide bonds. The minimum atomic E-state index is 0.0375. The third-order valence-corrected chi connectivity index (χ3v) is 4.11. The van der Waals surface area contributed by atoms with Crippen LogP contribution in [0.25, 0.3) is 0 Å². The van der Waals surface area contributed by atoms with Crippen LogP contribution in [-0.2, 0) is 6.61 Å². The van der Waals surface area contributed by atoms with Gasteiger partial charge in [-0.15, -0.1) is 5.11 Å². The number of phenols is 1. The summed E-state index contributed by atoms with van der Waals surface area (Å²) >= 11 is 6.08. The Labute approximate surface area is 151 Å². The highest BCUT2D eigenvalue weighted by atomic mass is 35.5. The Morgan fingerprint density at radius 1 is 0.920 bits per heavy atom. The van der Waals surface area contributed by atoms with Gasteiger partial charge in [-0.2, -0.15) is 5.11 Å². The second kappa shape index (κ2) is 7.81. The van der Waals surface area contributed by atoms with Crippen LogP contribution < -0.4 is 4.74 Å². The van der Waals surface area contributed by atoms with Crippen molar-refractivity contribution < 1.29 is 9.84 Å². The van der Waals surface area contributed by atoms with E-state index in [9.17, 15) is 5.11 Å². The first-order valence-electron chi connectivity index (χ1n) is 7.80. The molecular weight excluding hydrogens is 336 g/mol. The normalized spacial score (nSPS) is 11.0. The van der Waals surface area contributed by atoms with E-state index in [1.807, 2.05) is 49.4 Å². The molecule has 3 rings (SSSR count). The summed E-state index contributed by atoms with van der Waals surface area (Å²) in [4.78, 5) is 0. The Bertz CT molecular complexity index is 895. The number of rotatable bonds is 5. The number of ether oxygens (including phenoxy) is 1. The molecular formula is C20H17ClN2O2. The van der Waals surface area contributed by atoms with E-state index in [1.54, 1.807) is 24.3 Å². The largest absolute Gasteiger partial charge is 0.506 e. The summed E-state index contributed by atoms with van der Waals surface area (Å²) in [5.41, 5.74) is 2.89. The van der Waals surface area contributed by atoms with Crippen molar-refractivity contribution in [3.05, 3.63) is 82.9 Å². The highest BCUT2D eigenvalue weighted by Crippen LogP contribution is 2.33. The zero-order chi connectivity index (χ0) is 17.6. The van der Waals surface area contributed by atoms with Crippen molar-refractivity contribution in [3.63, 3.8) is 0 Å². The van der Waals surface area contributed by atoms with E-state index in [4.69, 9.17) is 16.3 Å². The van der Waals surface area contributed by atoms with E-state index in [1.165, 1.54) is 0 Å². The van der Waals surface area contributed by atoms with Gasteiger partial charge >= 0.3 is 0 Å². The average molecular weight is 353 g/mol. The lowest BCUT2D eigenvalue weighted by molar-refractivity contribution is 0.306. The quantitative estimate of drug-likeness (QED) is 0.544. The summed E-state index contributed by atoms with van der Waals surface area (Å²) in [5, 5.41) is 18.9. The van der Waals surface area contributed by atoms with Gasteiger partial charge in [-0.05, 0) is 42.3 Å². The molecule has 3 aromatic carbocycles. The van der Waals surface area contributed by atoms with Crippen molar-refractivity contribution in [1.82, 2.24) is 0 Å². The Kier molecular flexibility index (Phi) is 5.31. The minimum Gasteiger partial charge on any atom is -0.506 e. The van der Waals surface area contributed by atoms with Crippen molar-refractivity contribution in [2.24, 2.45) is 10.2 Å². The smallest absolute Gasteiger partial charge is 0.143 e. The van der Waals surface area contributed by atoms with Crippen molar-refractivity contribution >= 4 is 23.0 Å². The third kappa shape index (κ3) is 4.37. The van der Waals surface area contributed by atoms with Gasteiger partial charge < -0.3 is 9.84 Å². The van der Waals surface area contributed by atoms with E-state index in [2.05, 4.69) is 10.2 Å². The summed E-state index contributed by atoms with van der Waals surface area (Å²) < 4.78 is 5.75. The van der Waals surface area contributed by atoms with Crippen LogP contribution in [0.4, 0.5) is 11.4 Å². The molecule has 0 aliphatic carbocycles. The highest BCUT2D eigenvalue weighted by molar-refractivity contribution is 6.31. The van der Waals surface area contributed by atoms with Crippen LogP contribution in [0.3, 0.4) is 0 Å². The predicted molar refractivity (Wildman–Crippen MR) is 99.2 cm³/mol. The van der Waals surface area contributed by atoms with Crippen molar-refractivity contribution in [2.45, 2.75) is 13.5 Å². The van der Waals surface area contributed by atoms with Gasteiger partial charge in [0.15, 0.2) is 0 Å². The highest BCUT2D eigenvalue weighted by Gasteiger charge is 2.05. The molecule has 0 aliphatic rings. The molecule has 4 nitrogen and oxygen atoms in total. The fourth-order valence-corrected chi connectivity index (χ4v) is 2.40. The molecule has 0 aliphatic heterocycles. The molecule has 0 spiro atoms. The summed E-state index contributed by atoms with van der Waals surface area (Å²) in [6.45, 7) is 2.31. The fraction of sp³-hybridized carbons (Fsp3) is 0.100.